The molecule has 0 bridgehead atoms. The Hall–Kier alpha value is -3.03. The number of carbonyl (C=O) groups excluding carboxylic acids is 2. The number of anilines is 2. The highest BCUT2D eigenvalue weighted by atomic mass is 32.1. The van der Waals surface area contributed by atoms with E-state index in [0.29, 0.717) is 11.7 Å². The van der Waals surface area contributed by atoms with Gasteiger partial charge in [-0.3, -0.25) is 14.5 Å². The van der Waals surface area contributed by atoms with Crippen LogP contribution in [0.5, 0.6) is 0 Å². The van der Waals surface area contributed by atoms with Crippen LogP contribution in [-0.2, 0) is 11.2 Å². The van der Waals surface area contributed by atoms with Gasteiger partial charge in [0, 0.05) is 54.9 Å². The van der Waals surface area contributed by atoms with Crippen molar-refractivity contribution >= 4 is 33.8 Å². The van der Waals surface area contributed by atoms with E-state index in [1.807, 2.05) is 30.5 Å². The Morgan fingerprint density at radius 3 is 2.50 bits per heavy atom. The molecule has 6 nitrogen and oxygen atoms in total. The number of aryl methyl sites for hydroxylation is 1. The Bertz CT molecular complexity index is 1090. The van der Waals surface area contributed by atoms with E-state index in [0.717, 1.165) is 48.7 Å². The first-order valence-electron chi connectivity index (χ1n) is 10.8. The first-order chi connectivity index (χ1) is 15.5. The van der Waals surface area contributed by atoms with Crippen molar-refractivity contribution in [2.45, 2.75) is 20.3 Å². The highest BCUT2D eigenvalue weighted by molar-refractivity contribution is 7.15. The summed E-state index contributed by atoms with van der Waals surface area (Å²) in [6.45, 7) is 7.37. The molecule has 0 atom stereocenters. The van der Waals surface area contributed by atoms with E-state index in [2.05, 4.69) is 51.3 Å². The molecule has 0 aliphatic carbocycles. The average Bonchev–Trinajstić information content (AvgIpc) is 3.20. The summed E-state index contributed by atoms with van der Waals surface area (Å²) < 4.78 is 0. The van der Waals surface area contributed by atoms with Gasteiger partial charge < -0.3 is 10.2 Å². The minimum Gasteiger partial charge on any atom is -0.369 e. The minimum atomic E-state index is -0.0271. The second kappa shape index (κ2) is 10.1. The van der Waals surface area contributed by atoms with Crippen LogP contribution in [0.1, 0.15) is 33.3 Å². The largest absolute Gasteiger partial charge is 0.369 e. The molecule has 1 N–H and O–H groups in total. The predicted molar refractivity (Wildman–Crippen MR) is 130 cm³/mol. The number of nitrogens with one attached hydrogen (secondary N) is 1. The summed E-state index contributed by atoms with van der Waals surface area (Å²) in [6.07, 6.45) is 2.67. The molecule has 1 aromatic heterocycles. The number of amides is 1. The van der Waals surface area contributed by atoms with Crippen molar-refractivity contribution in [3.63, 3.8) is 0 Å². The molecule has 166 valence electrons. The number of piperazine rings is 1. The second-order valence-electron chi connectivity index (χ2n) is 8.21. The maximum Gasteiger partial charge on any atom is 0.240 e. The number of hydrogen-bond acceptors (Lipinski definition) is 6. The summed E-state index contributed by atoms with van der Waals surface area (Å²) in [4.78, 5) is 33.9. The molecule has 2 aromatic carbocycles. The summed E-state index contributed by atoms with van der Waals surface area (Å²) in [5.74, 6) is 0.0515. The zero-order valence-electron chi connectivity index (χ0n) is 18.5. The number of ketones is 1. The van der Waals surface area contributed by atoms with Crippen LogP contribution in [0.3, 0.4) is 0 Å². The third-order valence-electron chi connectivity index (χ3n) is 5.64. The zero-order valence-corrected chi connectivity index (χ0v) is 19.3. The number of carbonyl (C=O) groups is 2. The number of Topliss-reactive ketones (excluding diaryl/α,β-unsaturated/α-hetero) is 1. The highest BCUT2D eigenvalue weighted by Gasteiger charge is 2.20. The van der Waals surface area contributed by atoms with Crippen LogP contribution in [0.25, 0.3) is 0 Å². The monoisotopic (exact) mass is 448 g/mol. The number of hydrogen-bond donors (Lipinski definition) is 1. The molecule has 7 heteroatoms. The summed E-state index contributed by atoms with van der Waals surface area (Å²) in [5, 5.41) is 3.60. The van der Waals surface area contributed by atoms with Crippen LogP contribution in [0.2, 0.25) is 0 Å². The lowest BCUT2D eigenvalue weighted by Crippen LogP contribution is -2.48. The number of thiazole rings is 1. The third kappa shape index (κ3) is 5.81. The van der Waals surface area contributed by atoms with Crippen molar-refractivity contribution in [1.29, 1.82) is 0 Å². The van der Waals surface area contributed by atoms with Crippen LogP contribution < -0.4 is 10.2 Å². The van der Waals surface area contributed by atoms with Crippen molar-refractivity contribution in [3.05, 3.63) is 76.3 Å². The van der Waals surface area contributed by atoms with Gasteiger partial charge in [-0.2, -0.15) is 0 Å². The van der Waals surface area contributed by atoms with Gasteiger partial charge in [-0.25, -0.2) is 4.98 Å². The lowest BCUT2D eigenvalue weighted by molar-refractivity contribution is -0.117. The van der Waals surface area contributed by atoms with Crippen LogP contribution in [-0.4, -0.2) is 54.3 Å². The number of benzene rings is 2. The molecule has 0 spiro atoms. The van der Waals surface area contributed by atoms with Gasteiger partial charge in [0.2, 0.25) is 5.91 Å². The van der Waals surface area contributed by atoms with Crippen LogP contribution >= 0.6 is 11.3 Å². The maximum atomic E-state index is 12.5. The molecule has 0 radical (unpaired) electrons. The summed E-state index contributed by atoms with van der Waals surface area (Å²) in [5.41, 5.74) is 4.34. The average molecular weight is 449 g/mol. The van der Waals surface area contributed by atoms with Crippen molar-refractivity contribution < 1.29 is 9.59 Å². The van der Waals surface area contributed by atoms with Crippen LogP contribution in [0.15, 0.2) is 54.7 Å². The van der Waals surface area contributed by atoms with E-state index in [1.54, 1.807) is 6.92 Å². The molecule has 1 aliphatic heterocycles. The van der Waals surface area contributed by atoms with E-state index < -0.39 is 0 Å². The Kier molecular flexibility index (Phi) is 6.97. The molecule has 0 unspecified atom stereocenters. The van der Waals surface area contributed by atoms with Gasteiger partial charge in [0.15, 0.2) is 10.9 Å². The second-order valence-corrected chi connectivity index (χ2v) is 9.33. The highest BCUT2D eigenvalue weighted by Crippen LogP contribution is 2.22. The fourth-order valence-electron chi connectivity index (χ4n) is 3.90. The summed E-state index contributed by atoms with van der Waals surface area (Å²) in [7, 11) is 0. The van der Waals surface area contributed by atoms with Gasteiger partial charge >= 0.3 is 0 Å². The van der Waals surface area contributed by atoms with Crippen LogP contribution in [0.4, 0.5) is 10.8 Å². The van der Waals surface area contributed by atoms with Crippen molar-refractivity contribution in [2.75, 3.05) is 42.9 Å². The van der Waals surface area contributed by atoms with Crippen molar-refractivity contribution in [1.82, 2.24) is 9.88 Å². The van der Waals surface area contributed by atoms with Gasteiger partial charge in [-0.05, 0) is 43.7 Å². The molecule has 1 saturated heterocycles. The van der Waals surface area contributed by atoms with Gasteiger partial charge in [0.25, 0.3) is 0 Å². The third-order valence-corrected chi connectivity index (χ3v) is 6.55. The molecule has 4 rings (SSSR count). The Morgan fingerprint density at radius 2 is 1.81 bits per heavy atom. The summed E-state index contributed by atoms with van der Waals surface area (Å²) >= 11 is 1.53. The minimum absolute atomic E-state index is 0.0271. The Labute approximate surface area is 192 Å². The van der Waals surface area contributed by atoms with Crippen molar-refractivity contribution in [3.8, 4) is 0 Å². The molecule has 1 fully saturated rings. The molecule has 2 heterocycles. The molecule has 1 amide bonds. The molecular formula is C25H28N4O2S. The van der Waals surface area contributed by atoms with E-state index in [9.17, 15) is 9.59 Å². The molecule has 3 aromatic rings. The van der Waals surface area contributed by atoms with E-state index in [4.69, 9.17) is 0 Å². The molecule has 0 saturated carbocycles. The maximum absolute atomic E-state index is 12.5. The lowest BCUT2D eigenvalue weighted by Gasteiger charge is -2.35. The fraction of sp³-hybridized carbons (Fsp3) is 0.320. The number of nitrogens with zero attached hydrogens (tertiary/aromatic N) is 3. The SMILES string of the molecule is CC(=O)c1ccc(N2CCN(CC(=O)Nc3ncc(Cc4cccc(C)c4)s3)CC2)cc1. The first kappa shape index (κ1) is 22.2. The molecular weight excluding hydrogens is 420 g/mol. The van der Waals surface area contributed by atoms with E-state index >= 15 is 0 Å². The standard InChI is InChI=1S/C25H28N4O2S/c1-18-4-3-5-20(14-18)15-23-16-26-25(32-23)27-24(31)17-28-10-12-29(13-11-28)22-8-6-21(7-9-22)19(2)30/h3-9,14,16H,10-13,15,17H2,1-2H3,(H,26,27,31). The molecule has 32 heavy (non-hydrogen) atoms. The van der Waals surface area contributed by atoms with E-state index in [1.165, 1.54) is 22.5 Å². The van der Waals surface area contributed by atoms with Gasteiger partial charge in [-0.15, -0.1) is 11.3 Å². The van der Waals surface area contributed by atoms with Gasteiger partial charge in [0.1, 0.15) is 0 Å². The van der Waals surface area contributed by atoms with E-state index in [-0.39, 0.29) is 11.7 Å². The lowest BCUT2D eigenvalue weighted by atomic mass is 10.1. The van der Waals surface area contributed by atoms with Gasteiger partial charge in [-0.1, -0.05) is 29.8 Å². The molecule has 1 aliphatic rings. The topological polar surface area (TPSA) is 65.5 Å². The van der Waals surface area contributed by atoms with Crippen LogP contribution in [0, 0.1) is 6.92 Å². The first-order valence-corrected chi connectivity index (χ1v) is 11.7. The number of aromatic nitrogens is 1. The fourth-order valence-corrected chi connectivity index (χ4v) is 4.77. The zero-order chi connectivity index (χ0) is 22.5. The smallest absolute Gasteiger partial charge is 0.240 e. The van der Waals surface area contributed by atoms with Gasteiger partial charge in [0.05, 0.1) is 6.54 Å². The quantitative estimate of drug-likeness (QED) is 0.554. The predicted octanol–water partition coefficient (Wildman–Crippen LogP) is 4.01. The van der Waals surface area contributed by atoms with Crippen molar-refractivity contribution in [2.24, 2.45) is 0 Å². The number of rotatable bonds is 7. The summed E-state index contributed by atoms with van der Waals surface area (Å²) in [6, 6.07) is 16.2. The Morgan fingerprint density at radius 1 is 1.06 bits per heavy atom. The normalized spacial score (nSPS) is 14.4. The Balaban J connectivity index is 1.24.